The third kappa shape index (κ3) is 7.30. The molecule has 0 fully saturated rings. The first kappa shape index (κ1) is 33.0. The van der Waals surface area contributed by atoms with Gasteiger partial charge in [0.2, 0.25) is 11.4 Å². The third-order valence-corrected chi connectivity index (χ3v) is 7.38. The van der Waals surface area contributed by atoms with Crippen LogP contribution < -0.4 is 23.7 Å². The van der Waals surface area contributed by atoms with Crippen LogP contribution in [0.3, 0.4) is 0 Å². The Hall–Kier alpha value is -3.46. The number of aliphatic hydroxyl groups is 1. The van der Waals surface area contributed by atoms with Crippen molar-refractivity contribution in [3.05, 3.63) is 76.9 Å². The maximum atomic E-state index is 14.0. The van der Waals surface area contributed by atoms with Crippen LogP contribution in [0.15, 0.2) is 54.6 Å². The van der Waals surface area contributed by atoms with Crippen molar-refractivity contribution in [1.29, 1.82) is 0 Å². The maximum Gasteiger partial charge on any atom is 0.353 e. The molecule has 0 spiro atoms. The van der Waals surface area contributed by atoms with Gasteiger partial charge in [0.25, 0.3) is 0 Å². The van der Waals surface area contributed by atoms with E-state index in [0.717, 1.165) is 30.9 Å². The van der Waals surface area contributed by atoms with Crippen LogP contribution in [0.25, 0.3) is 0 Å². The van der Waals surface area contributed by atoms with Crippen LogP contribution in [0.2, 0.25) is 0 Å². The second-order valence-electron chi connectivity index (χ2n) is 10.2. The Morgan fingerprint density at radius 1 is 0.905 bits per heavy atom. The van der Waals surface area contributed by atoms with Crippen molar-refractivity contribution in [1.82, 2.24) is 4.90 Å². The van der Waals surface area contributed by atoms with E-state index >= 15 is 0 Å². The molecule has 3 aromatic carbocycles. The van der Waals surface area contributed by atoms with Crippen LogP contribution in [0.1, 0.15) is 48.9 Å². The fourth-order valence-electron chi connectivity index (χ4n) is 4.74. The number of hydrogen-bond donors (Lipinski definition) is 1. The fourth-order valence-corrected chi connectivity index (χ4v) is 4.98. The van der Waals surface area contributed by atoms with Gasteiger partial charge in [0.1, 0.15) is 18.1 Å². The number of nitrogens with zero attached hydrogens (tertiary/aromatic N) is 1. The van der Waals surface area contributed by atoms with Crippen molar-refractivity contribution in [3.8, 4) is 28.7 Å². The highest BCUT2D eigenvalue weighted by atomic mass is 35.5. The van der Waals surface area contributed by atoms with E-state index in [1.54, 1.807) is 42.5 Å². The monoisotopic (exact) mass is 599 g/mol. The molecule has 1 atom stereocenters. The van der Waals surface area contributed by atoms with E-state index in [0.29, 0.717) is 46.6 Å². The molecule has 9 heteroatoms. The molecule has 228 valence electrons. The van der Waals surface area contributed by atoms with Gasteiger partial charge in [0, 0.05) is 30.1 Å². The maximum absolute atomic E-state index is 14.0. The standard InChI is InChI=1S/C33H42ClNO7/c1-8-35(15-14-34)16-17-41-28-18-23(4)27(21-26(28)22(2)3)42-32(36)33(37,24-12-10-9-11-13-24)25-19-29(38-5)31(40-7)30(20-25)39-6/h9-13,18-22,37H,8,14-17H2,1-7H3. The largest absolute Gasteiger partial charge is 0.493 e. The van der Waals surface area contributed by atoms with Crippen LogP contribution in [0, 0.1) is 6.92 Å². The number of halogens is 1. The summed E-state index contributed by atoms with van der Waals surface area (Å²) in [5.74, 6) is 1.76. The van der Waals surface area contributed by atoms with E-state index in [4.69, 9.17) is 35.3 Å². The Morgan fingerprint density at radius 3 is 2.07 bits per heavy atom. The summed E-state index contributed by atoms with van der Waals surface area (Å²) in [7, 11) is 4.43. The Labute approximate surface area is 254 Å². The third-order valence-electron chi connectivity index (χ3n) is 7.21. The van der Waals surface area contributed by atoms with Gasteiger partial charge in [-0.15, -0.1) is 11.6 Å². The van der Waals surface area contributed by atoms with E-state index in [-0.39, 0.29) is 11.5 Å². The van der Waals surface area contributed by atoms with Gasteiger partial charge >= 0.3 is 5.97 Å². The lowest BCUT2D eigenvalue weighted by Gasteiger charge is -2.29. The average Bonchev–Trinajstić information content (AvgIpc) is 3.00. The summed E-state index contributed by atoms with van der Waals surface area (Å²) in [5, 5.41) is 12.2. The van der Waals surface area contributed by atoms with Crippen molar-refractivity contribution < 1.29 is 33.6 Å². The topological polar surface area (TPSA) is 86.7 Å². The quantitative estimate of drug-likeness (QED) is 0.131. The molecule has 8 nitrogen and oxygen atoms in total. The van der Waals surface area contributed by atoms with E-state index in [9.17, 15) is 9.90 Å². The SMILES string of the molecule is CCN(CCCl)CCOc1cc(C)c(OC(=O)C(O)(c2ccccc2)c2cc(OC)c(OC)c(OC)c2)cc1C(C)C. The lowest BCUT2D eigenvalue weighted by atomic mass is 9.85. The molecule has 0 heterocycles. The highest BCUT2D eigenvalue weighted by Crippen LogP contribution is 2.43. The number of carbonyl (C=O) groups excluding carboxylic acids is 1. The number of aryl methyl sites for hydroxylation is 1. The zero-order valence-electron chi connectivity index (χ0n) is 25.5. The predicted molar refractivity (Wildman–Crippen MR) is 165 cm³/mol. The molecule has 0 radical (unpaired) electrons. The zero-order chi connectivity index (χ0) is 30.9. The van der Waals surface area contributed by atoms with E-state index < -0.39 is 11.6 Å². The fraction of sp³-hybridized carbons (Fsp3) is 0.424. The number of rotatable bonds is 15. The molecule has 3 rings (SSSR count). The predicted octanol–water partition coefficient (Wildman–Crippen LogP) is 5.93. The van der Waals surface area contributed by atoms with E-state index in [1.165, 1.54) is 21.3 Å². The Morgan fingerprint density at radius 2 is 1.55 bits per heavy atom. The van der Waals surface area contributed by atoms with Gasteiger partial charge in [0.05, 0.1) is 21.3 Å². The highest BCUT2D eigenvalue weighted by molar-refractivity contribution is 6.18. The van der Waals surface area contributed by atoms with Crippen molar-refractivity contribution in [3.63, 3.8) is 0 Å². The van der Waals surface area contributed by atoms with Gasteiger partial charge in [-0.1, -0.05) is 51.1 Å². The summed E-state index contributed by atoms with van der Waals surface area (Å²) in [6.45, 7) is 10.9. The molecule has 0 aromatic heterocycles. The molecule has 0 amide bonds. The number of ether oxygens (including phenoxy) is 5. The molecule has 0 aliphatic carbocycles. The number of carbonyl (C=O) groups is 1. The van der Waals surface area contributed by atoms with Crippen molar-refractivity contribution in [2.75, 3.05) is 53.5 Å². The summed E-state index contributed by atoms with van der Waals surface area (Å²) < 4.78 is 28.6. The number of benzene rings is 3. The van der Waals surface area contributed by atoms with E-state index in [1.807, 2.05) is 32.9 Å². The summed E-state index contributed by atoms with van der Waals surface area (Å²) in [4.78, 5) is 16.2. The zero-order valence-corrected chi connectivity index (χ0v) is 26.3. The van der Waals surface area contributed by atoms with Gasteiger partial charge < -0.3 is 28.8 Å². The first-order valence-corrected chi connectivity index (χ1v) is 14.5. The molecule has 42 heavy (non-hydrogen) atoms. The number of methoxy groups -OCH3 is 3. The van der Waals surface area contributed by atoms with E-state index in [2.05, 4.69) is 11.8 Å². The lowest BCUT2D eigenvalue weighted by Crippen LogP contribution is -2.40. The Balaban J connectivity index is 2.02. The van der Waals surface area contributed by atoms with Gasteiger partial charge in [0.15, 0.2) is 11.5 Å². The van der Waals surface area contributed by atoms with Gasteiger partial charge in [-0.05, 0) is 54.8 Å². The first-order valence-electron chi connectivity index (χ1n) is 14.0. The van der Waals surface area contributed by atoms with Gasteiger partial charge in [-0.25, -0.2) is 4.79 Å². The number of alkyl halides is 1. The second kappa shape index (κ2) is 15.1. The van der Waals surface area contributed by atoms with Crippen LogP contribution in [0.5, 0.6) is 28.7 Å². The second-order valence-corrected chi connectivity index (χ2v) is 10.5. The van der Waals surface area contributed by atoms with Crippen LogP contribution >= 0.6 is 11.6 Å². The summed E-state index contributed by atoms with van der Waals surface area (Å²) >= 11 is 5.91. The molecule has 1 unspecified atom stereocenters. The van der Waals surface area contributed by atoms with Crippen LogP contribution in [-0.2, 0) is 10.4 Å². The molecule has 0 aliphatic heterocycles. The molecular weight excluding hydrogens is 558 g/mol. The molecule has 0 saturated carbocycles. The molecule has 0 saturated heterocycles. The first-order chi connectivity index (χ1) is 20.1. The summed E-state index contributed by atoms with van der Waals surface area (Å²) in [6.07, 6.45) is 0. The number of likely N-dealkylation sites (N-methyl/N-ethyl adjacent to an activating group) is 1. The Bertz CT molecular complexity index is 1310. The number of hydrogen-bond acceptors (Lipinski definition) is 8. The molecule has 0 aliphatic rings. The normalized spacial score (nSPS) is 12.6. The minimum absolute atomic E-state index is 0.0892. The van der Waals surface area contributed by atoms with Gasteiger partial charge in [-0.2, -0.15) is 0 Å². The highest BCUT2D eigenvalue weighted by Gasteiger charge is 2.43. The van der Waals surface area contributed by atoms with Crippen molar-refractivity contribution >= 4 is 17.6 Å². The van der Waals surface area contributed by atoms with Crippen molar-refractivity contribution in [2.45, 2.75) is 39.2 Å². The van der Waals surface area contributed by atoms with Crippen molar-refractivity contribution in [2.24, 2.45) is 0 Å². The van der Waals surface area contributed by atoms with Crippen LogP contribution in [-0.4, -0.2) is 69.4 Å². The minimum Gasteiger partial charge on any atom is -0.493 e. The summed E-state index contributed by atoms with van der Waals surface area (Å²) in [6, 6.07) is 15.4. The molecular formula is C33H42ClNO7. The molecule has 0 bridgehead atoms. The molecule has 3 aromatic rings. The summed E-state index contributed by atoms with van der Waals surface area (Å²) in [5.41, 5.74) is -0.0913. The lowest BCUT2D eigenvalue weighted by molar-refractivity contribution is -0.152. The average molecular weight is 600 g/mol. The number of esters is 1. The minimum atomic E-state index is -2.19. The van der Waals surface area contributed by atoms with Crippen LogP contribution in [0.4, 0.5) is 0 Å². The Kier molecular flexibility index (Phi) is 11.9. The molecule has 1 N–H and O–H groups in total. The smallest absolute Gasteiger partial charge is 0.353 e. The van der Waals surface area contributed by atoms with Gasteiger partial charge in [-0.3, -0.25) is 4.90 Å².